The maximum Gasteiger partial charge on any atom is 0.534 e. The maximum absolute atomic E-state index is 12.6. The minimum Gasteiger partial charge on any atom is -0.468 e. The third-order valence-corrected chi connectivity index (χ3v) is 7.21. The van der Waals surface area contributed by atoms with Gasteiger partial charge in [-0.2, -0.15) is 39.5 Å². The molecule has 172 valence electrons. The normalized spacial score (nSPS) is 14.3. The van der Waals surface area contributed by atoms with Crippen LogP contribution in [0.15, 0.2) is 12.1 Å². The number of hydrogen-bond donors (Lipinski definition) is 1. The summed E-state index contributed by atoms with van der Waals surface area (Å²) in [5.74, 6) is -2.12. The maximum atomic E-state index is 12.6. The molecule has 8 nitrogen and oxygen atoms in total. The predicted molar refractivity (Wildman–Crippen MR) is 105 cm³/mol. The highest BCUT2D eigenvalue weighted by Gasteiger charge is 2.49. The van der Waals surface area contributed by atoms with Gasteiger partial charge < -0.3 is 8.92 Å². The molecule has 30 heavy (non-hydrogen) atoms. The zero-order chi connectivity index (χ0) is 23.7. The Kier molecular flexibility index (Phi) is 8.67. The number of ether oxygens (including phenoxy) is 1. The second-order valence-corrected chi connectivity index (χ2v) is 10.8. The number of benzene rings is 1. The van der Waals surface area contributed by atoms with Crippen molar-refractivity contribution in [3.05, 3.63) is 24.8 Å². The molecule has 1 N–H and O–H groups in total. The fourth-order valence-electron chi connectivity index (χ4n) is 1.77. The van der Waals surface area contributed by atoms with Crippen LogP contribution in [0.25, 0.3) is 0 Å². The van der Waals surface area contributed by atoms with Crippen LogP contribution in [0.5, 0.6) is 5.75 Å². The van der Waals surface area contributed by atoms with E-state index in [0.29, 0.717) is 0 Å². The minimum atomic E-state index is -5.98. The molecule has 0 unspecified atom stereocenters. The van der Waals surface area contributed by atoms with Crippen LogP contribution in [0.3, 0.4) is 0 Å². The molecule has 0 saturated heterocycles. The zero-order valence-corrected chi connectivity index (χ0v) is 20.1. The average molecular weight is 711 g/mol. The first-order valence-corrected chi connectivity index (χ1v) is 12.0. The van der Waals surface area contributed by atoms with Crippen LogP contribution in [0.2, 0.25) is 0 Å². The van der Waals surface area contributed by atoms with E-state index in [1.165, 1.54) is 45.2 Å². The Morgan fingerprint density at radius 1 is 1.03 bits per heavy atom. The second-order valence-electron chi connectivity index (χ2n) is 5.20. The fraction of sp³-hybridized carbons (Fsp3) is 0.417. The van der Waals surface area contributed by atoms with Crippen LogP contribution < -0.4 is 8.91 Å². The summed E-state index contributed by atoms with van der Waals surface area (Å²) in [7, 11) is -11.1. The fourth-order valence-corrected chi connectivity index (χ4v) is 5.05. The largest absolute Gasteiger partial charge is 0.534 e. The van der Waals surface area contributed by atoms with Crippen molar-refractivity contribution >= 4 is 71.3 Å². The van der Waals surface area contributed by atoms with Gasteiger partial charge in [-0.25, -0.2) is 8.42 Å². The quantitative estimate of drug-likeness (QED) is 0.152. The molecule has 1 atom stereocenters. The summed E-state index contributed by atoms with van der Waals surface area (Å²) in [6, 6.07) is -0.406. The Morgan fingerprint density at radius 2 is 1.50 bits per heavy atom. The van der Waals surface area contributed by atoms with Crippen molar-refractivity contribution in [1.29, 1.82) is 0 Å². The molecule has 0 radical (unpaired) electrons. The summed E-state index contributed by atoms with van der Waals surface area (Å²) in [6.45, 7) is 0. The number of esters is 1. The molecule has 0 saturated carbocycles. The Hall–Kier alpha value is -0.610. The van der Waals surface area contributed by atoms with Crippen molar-refractivity contribution in [1.82, 2.24) is 4.72 Å². The highest BCUT2D eigenvalue weighted by molar-refractivity contribution is 14.1. The van der Waals surface area contributed by atoms with Crippen molar-refractivity contribution in [3.8, 4) is 5.75 Å². The van der Waals surface area contributed by atoms with Crippen molar-refractivity contribution < 1.29 is 56.9 Å². The van der Waals surface area contributed by atoms with Gasteiger partial charge in [0, 0.05) is 13.6 Å². The molecule has 0 spiro atoms. The van der Waals surface area contributed by atoms with Gasteiger partial charge in [0.25, 0.3) is 0 Å². The Labute approximate surface area is 193 Å². The molecular weight excluding hydrogens is 702 g/mol. The number of nitrogens with one attached hydrogen (secondary N) is 1. The van der Waals surface area contributed by atoms with E-state index >= 15 is 0 Å². The Bertz CT molecular complexity index is 1000. The monoisotopic (exact) mass is 711 g/mol. The number of rotatable bonds is 7. The number of methoxy groups -OCH3 is 1. The number of carbonyl (C=O) groups is 1. The van der Waals surface area contributed by atoms with Crippen LogP contribution in [0.1, 0.15) is 5.56 Å². The molecule has 1 aromatic rings. The van der Waals surface area contributed by atoms with Gasteiger partial charge in [0.1, 0.15) is 11.8 Å². The van der Waals surface area contributed by atoms with Gasteiger partial charge in [0.05, 0.1) is 7.11 Å². The third kappa shape index (κ3) is 6.69. The van der Waals surface area contributed by atoms with Crippen molar-refractivity contribution in [2.24, 2.45) is 0 Å². The van der Waals surface area contributed by atoms with E-state index in [-0.39, 0.29) is 12.7 Å². The molecule has 0 aliphatic rings. The highest BCUT2D eigenvalue weighted by atomic mass is 127. The molecule has 0 amide bonds. The molecule has 1 aromatic carbocycles. The molecule has 0 aliphatic heterocycles. The Balaban J connectivity index is 3.29. The van der Waals surface area contributed by atoms with E-state index in [1.54, 1.807) is 0 Å². The number of alkyl halides is 6. The standard InChI is InChI=1S/C12H9F6I2NO7S2/c1-27-10(22)9(21-29(23,24)11(13,14)15)4-6-7(19)2-5(3-8(6)20)28-30(25,26)12(16,17)18/h2-3,9,21H,4H2,1H3/t9-/m0/s1. The summed E-state index contributed by atoms with van der Waals surface area (Å²) < 4.78 is 129. The van der Waals surface area contributed by atoms with E-state index in [4.69, 9.17) is 0 Å². The van der Waals surface area contributed by atoms with E-state index in [0.717, 1.165) is 24.0 Å². The van der Waals surface area contributed by atoms with Crippen molar-refractivity contribution in [2.75, 3.05) is 7.11 Å². The topological polar surface area (TPSA) is 116 Å². The lowest BCUT2D eigenvalue weighted by Crippen LogP contribution is -2.48. The van der Waals surface area contributed by atoms with Crippen molar-refractivity contribution in [3.63, 3.8) is 0 Å². The van der Waals surface area contributed by atoms with Gasteiger partial charge in [-0.1, -0.05) is 0 Å². The van der Waals surface area contributed by atoms with E-state index < -0.39 is 55.3 Å². The van der Waals surface area contributed by atoms with E-state index in [2.05, 4.69) is 8.92 Å². The molecule has 0 fully saturated rings. The first-order valence-electron chi connectivity index (χ1n) is 6.97. The van der Waals surface area contributed by atoms with E-state index in [1.807, 2.05) is 0 Å². The molecular formula is C12H9F6I2NO7S2. The highest BCUT2D eigenvalue weighted by Crippen LogP contribution is 2.32. The van der Waals surface area contributed by atoms with Gasteiger partial charge in [-0.3, -0.25) is 4.79 Å². The van der Waals surface area contributed by atoms with E-state index in [9.17, 15) is 48.0 Å². The van der Waals surface area contributed by atoms with Crippen molar-refractivity contribution in [2.45, 2.75) is 23.5 Å². The molecule has 0 aromatic heterocycles. The van der Waals surface area contributed by atoms with Gasteiger partial charge in [-0.15, -0.1) is 0 Å². The number of hydrogen-bond acceptors (Lipinski definition) is 7. The SMILES string of the molecule is COC(=O)[C@H](Cc1c(I)cc(OS(=O)(=O)C(F)(F)F)cc1I)NS(=O)(=O)C(F)(F)F. The summed E-state index contributed by atoms with van der Waals surface area (Å²) in [6.07, 6.45) is -0.690. The van der Waals surface area contributed by atoms with Crippen LogP contribution in [0, 0.1) is 7.14 Å². The van der Waals surface area contributed by atoms with Crippen LogP contribution in [0.4, 0.5) is 26.3 Å². The second kappa shape index (κ2) is 9.48. The zero-order valence-electron chi connectivity index (χ0n) is 14.1. The lowest BCUT2D eigenvalue weighted by Gasteiger charge is -2.19. The van der Waals surface area contributed by atoms with Gasteiger partial charge in [0.15, 0.2) is 0 Å². The third-order valence-electron chi connectivity index (χ3n) is 3.10. The molecule has 0 aliphatic carbocycles. The number of carbonyl (C=O) groups excluding carboxylic acids is 1. The smallest absolute Gasteiger partial charge is 0.468 e. The minimum absolute atomic E-state index is 0.0213. The molecule has 1 rings (SSSR count). The van der Waals surface area contributed by atoms with Gasteiger partial charge in [-0.05, 0) is 62.9 Å². The van der Waals surface area contributed by atoms with Crippen LogP contribution in [-0.2, 0) is 36.1 Å². The number of halogens is 8. The summed E-state index contributed by atoms with van der Waals surface area (Å²) in [5, 5.41) is 0. The lowest BCUT2D eigenvalue weighted by molar-refractivity contribution is -0.142. The summed E-state index contributed by atoms with van der Waals surface area (Å²) >= 11 is 2.99. The first kappa shape index (κ1) is 27.4. The Morgan fingerprint density at radius 3 is 1.87 bits per heavy atom. The average Bonchev–Trinajstić information content (AvgIpc) is 2.53. The van der Waals surface area contributed by atoms with Crippen LogP contribution >= 0.6 is 45.2 Å². The summed E-state index contributed by atoms with van der Waals surface area (Å²) in [5.41, 5.74) is -11.4. The lowest BCUT2D eigenvalue weighted by atomic mass is 10.1. The molecule has 0 heterocycles. The summed E-state index contributed by atoms with van der Waals surface area (Å²) in [4.78, 5) is 11.8. The van der Waals surface area contributed by atoms with Gasteiger partial charge >= 0.3 is 37.1 Å². The predicted octanol–water partition coefficient (Wildman–Crippen LogP) is 2.65. The first-order chi connectivity index (χ1) is 13.3. The molecule has 18 heteroatoms. The van der Waals surface area contributed by atoms with Crippen LogP contribution in [-0.4, -0.2) is 47.0 Å². The van der Waals surface area contributed by atoms with Gasteiger partial charge in [0.2, 0.25) is 0 Å². The molecule has 0 bridgehead atoms. The number of sulfonamides is 1.